The molecule has 7 atom stereocenters. The summed E-state index contributed by atoms with van der Waals surface area (Å²) in [6.07, 6.45) is -0.156. The highest BCUT2D eigenvalue weighted by atomic mass is 32.2. The Morgan fingerprint density at radius 2 is 1.80 bits per heavy atom. The fourth-order valence-electron chi connectivity index (χ4n) is 8.31. The van der Waals surface area contributed by atoms with E-state index in [1.54, 1.807) is 27.0 Å². The summed E-state index contributed by atoms with van der Waals surface area (Å²) in [5, 5.41) is 6.15. The maximum absolute atomic E-state index is 14.7. The number of nitrogens with zero attached hydrogens (tertiary/aromatic N) is 3. The van der Waals surface area contributed by atoms with Crippen LogP contribution in [0.15, 0.2) is 42.6 Å². The van der Waals surface area contributed by atoms with Crippen molar-refractivity contribution < 1.29 is 51.4 Å². The summed E-state index contributed by atoms with van der Waals surface area (Å²) in [5.41, 5.74) is -0.812. The van der Waals surface area contributed by atoms with Gasteiger partial charge in [-0.15, -0.1) is 0 Å². The van der Waals surface area contributed by atoms with Gasteiger partial charge in [-0.25, -0.2) is 23.0 Å². The number of morpholine rings is 1. The van der Waals surface area contributed by atoms with Crippen LogP contribution in [0.1, 0.15) is 58.4 Å². The van der Waals surface area contributed by atoms with Crippen LogP contribution in [0.4, 0.5) is 4.79 Å². The first-order chi connectivity index (χ1) is 26.4. The predicted octanol–water partition coefficient (Wildman–Crippen LogP) is 0.980. The number of rotatable bonds is 11. The molecule has 4 heterocycles. The number of pyridine rings is 1. The van der Waals surface area contributed by atoms with Crippen molar-refractivity contribution in [3.05, 3.63) is 48.2 Å². The van der Waals surface area contributed by atoms with Crippen molar-refractivity contribution in [1.82, 2.24) is 30.1 Å². The lowest BCUT2D eigenvalue weighted by Gasteiger charge is -2.32. The van der Waals surface area contributed by atoms with Crippen LogP contribution in [0.25, 0.3) is 10.8 Å². The Bertz CT molecular complexity index is 2190. The Morgan fingerprint density at radius 3 is 2.45 bits per heavy atom. The van der Waals surface area contributed by atoms with E-state index >= 15 is 0 Å². The third kappa shape index (κ3) is 6.81. The molecule has 3 N–H and O–H groups in total. The highest BCUT2D eigenvalue weighted by Crippen LogP contribution is 2.74. The standard InChI is InChI=1S/C38H44N6O11S/c1-18-6-9-24-20(12-18)10-11-39-32(24)53-21-13-26(31(46)41-38(29-19(2)30(29)38)35(49)42-56(51,52)23-7-8-23)44(17-21)33(47)25(40-36(50)55-37(3,4)5)15-28(45)43-16-22-14-27(43)34(48)54-22/h6,9-12,21-23,25-27,29-30H,2,7-8,13-17H2,1,3-5H3,(H,40,50)(H,41,46)(H,42,49). The van der Waals surface area contributed by atoms with Crippen LogP contribution in [0, 0.1) is 18.8 Å². The number of amides is 5. The van der Waals surface area contributed by atoms with Crippen molar-refractivity contribution in [1.29, 1.82) is 0 Å². The van der Waals surface area contributed by atoms with Crippen LogP contribution in [0.5, 0.6) is 5.88 Å². The number of esters is 1. The Morgan fingerprint density at radius 1 is 1.07 bits per heavy atom. The van der Waals surface area contributed by atoms with Gasteiger partial charge in [0, 0.05) is 36.3 Å². The molecule has 3 aliphatic heterocycles. The number of likely N-dealkylation sites (tertiary alicyclic amines) is 2. The molecule has 8 rings (SSSR count). The van der Waals surface area contributed by atoms with Gasteiger partial charge < -0.3 is 34.6 Å². The average Bonchev–Trinajstić information content (AvgIpc) is 4.06. The number of fused-ring (bicyclic) bond motifs is 4. The summed E-state index contributed by atoms with van der Waals surface area (Å²) in [4.78, 5) is 88.7. The first kappa shape index (κ1) is 37.7. The van der Waals surface area contributed by atoms with Crippen LogP contribution in [0.2, 0.25) is 0 Å². The van der Waals surface area contributed by atoms with Gasteiger partial charge in [0.2, 0.25) is 33.6 Å². The zero-order valence-electron chi connectivity index (χ0n) is 31.4. The molecular formula is C38H44N6O11S. The van der Waals surface area contributed by atoms with Crippen LogP contribution >= 0.6 is 0 Å². The van der Waals surface area contributed by atoms with Crippen LogP contribution in [-0.2, 0) is 43.5 Å². The third-order valence-corrected chi connectivity index (χ3v) is 13.1. The van der Waals surface area contributed by atoms with Crippen molar-refractivity contribution >= 4 is 56.5 Å². The van der Waals surface area contributed by atoms with Gasteiger partial charge in [0.15, 0.2) is 0 Å². The number of nitrogens with one attached hydrogen (secondary N) is 3. The minimum Gasteiger partial charge on any atom is -0.472 e. The fraction of sp³-hybridized carbons (Fsp3) is 0.553. The van der Waals surface area contributed by atoms with Crippen LogP contribution < -0.4 is 20.1 Å². The molecule has 17 nitrogen and oxygen atoms in total. The van der Waals surface area contributed by atoms with Gasteiger partial charge in [-0.3, -0.25) is 23.9 Å². The van der Waals surface area contributed by atoms with Crippen molar-refractivity contribution in [3.8, 4) is 5.88 Å². The Hall–Kier alpha value is -5.26. The maximum atomic E-state index is 14.7. The van der Waals surface area contributed by atoms with Gasteiger partial charge in [-0.05, 0) is 58.1 Å². The number of aromatic nitrogens is 1. The first-order valence-electron chi connectivity index (χ1n) is 18.7. The van der Waals surface area contributed by atoms with E-state index < -0.39 is 111 Å². The second kappa shape index (κ2) is 13.2. The normalized spacial score (nSPS) is 29.3. The number of hydrogen-bond donors (Lipinski definition) is 3. The second-order valence-corrected chi connectivity index (χ2v) is 18.6. The molecular weight excluding hydrogens is 749 g/mol. The molecule has 0 spiro atoms. The quantitative estimate of drug-likeness (QED) is 0.214. The van der Waals surface area contributed by atoms with Crippen LogP contribution in [-0.4, -0.2) is 119 Å². The molecule has 1 aromatic heterocycles. The fourth-order valence-corrected chi connectivity index (χ4v) is 9.66. The number of hydrogen-bond acceptors (Lipinski definition) is 12. The van der Waals surface area contributed by atoms with Gasteiger partial charge in [0.1, 0.15) is 41.5 Å². The van der Waals surface area contributed by atoms with E-state index in [2.05, 4.69) is 26.9 Å². The lowest BCUT2D eigenvalue weighted by atomic mass is 10.0. The summed E-state index contributed by atoms with van der Waals surface area (Å²) >= 11 is 0. The smallest absolute Gasteiger partial charge is 0.408 e. The number of carbonyl (C=O) groups is 6. The zero-order chi connectivity index (χ0) is 40.1. The molecule has 298 valence electrons. The van der Waals surface area contributed by atoms with E-state index in [9.17, 15) is 37.2 Å². The molecule has 3 saturated heterocycles. The van der Waals surface area contributed by atoms with E-state index in [1.165, 1.54) is 9.80 Å². The third-order valence-electron chi connectivity index (χ3n) is 11.3. The highest BCUT2D eigenvalue weighted by Gasteiger charge is 2.85. The highest BCUT2D eigenvalue weighted by molar-refractivity contribution is 7.91. The second-order valence-electron chi connectivity index (χ2n) is 16.6. The summed E-state index contributed by atoms with van der Waals surface area (Å²) in [6, 6.07) is 3.89. The van der Waals surface area contributed by atoms with Crippen molar-refractivity contribution in [3.63, 3.8) is 0 Å². The Balaban J connectivity index is 1.08. The van der Waals surface area contributed by atoms with E-state index in [1.807, 2.05) is 31.2 Å². The summed E-state index contributed by atoms with van der Waals surface area (Å²) in [5.74, 6) is -4.25. The predicted molar refractivity (Wildman–Crippen MR) is 196 cm³/mol. The summed E-state index contributed by atoms with van der Waals surface area (Å²) in [7, 11) is -3.94. The molecule has 1 aromatic carbocycles. The molecule has 18 heteroatoms. The molecule has 0 radical (unpaired) electrons. The first-order valence-corrected chi connectivity index (χ1v) is 20.3. The topological polar surface area (TPSA) is 220 Å². The molecule has 6 aliphatic rings. The van der Waals surface area contributed by atoms with E-state index in [4.69, 9.17) is 14.2 Å². The SMILES string of the molecule is C=C1C2C1C2(NC(=O)C1CC(Oc2nccc3cc(C)ccc23)CN1C(=O)C(CC(=O)N1CC2CC1C(=O)O2)NC(=O)OC(C)(C)C)C(=O)NS(=O)(=O)C1CC1. The van der Waals surface area contributed by atoms with Crippen molar-refractivity contribution in [2.45, 2.75) is 107 Å². The summed E-state index contributed by atoms with van der Waals surface area (Å²) in [6.45, 7) is 10.7. The molecule has 2 aromatic rings. The minimum atomic E-state index is -3.94. The minimum absolute atomic E-state index is 0.0787. The zero-order valence-corrected chi connectivity index (χ0v) is 32.2. The van der Waals surface area contributed by atoms with E-state index in [0.29, 0.717) is 30.2 Å². The largest absolute Gasteiger partial charge is 0.472 e. The number of ether oxygens (including phenoxy) is 3. The maximum Gasteiger partial charge on any atom is 0.408 e. The molecule has 5 amide bonds. The molecule has 3 saturated carbocycles. The van der Waals surface area contributed by atoms with Gasteiger partial charge >= 0.3 is 12.1 Å². The number of sulfonamides is 1. The van der Waals surface area contributed by atoms with Crippen molar-refractivity contribution in [2.24, 2.45) is 11.8 Å². The number of alkyl carbamates (subject to hydrolysis) is 1. The molecule has 3 aliphatic carbocycles. The lowest BCUT2D eigenvalue weighted by Crippen LogP contribution is -2.60. The van der Waals surface area contributed by atoms with Gasteiger partial charge in [-0.1, -0.05) is 29.8 Å². The van der Waals surface area contributed by atoms with Crippen molar-refractivity contribution in [2.75, 3.05) is 13.1 Å². The van der Waals surface area contributed by atoms with Gasteiger partial charge in [0.05, 0.1) is 24.8 Å². The number of benzene rings is 1. The Kier molecular flexibility index (Phi) is 8.85. The molecule has 56 heavy (non-hydrogen) atoms. The molecule has 6 fully saturated rings. The monoisotopic (exact) mass is 792 g/mol. The van der Waals surface area contributed by atoms with Gasteiger partial charge in [-0.2, -0.15) is 0 Å². The average molecular weight is 793 g/mol. The van der Waals surface area contributed by atoms with E-state index in [0.717, 1.165) is 10.9 Å². The van der Waals surface area contributed by atoms with Gasteiger partial charge in [0.25, 0.3) is 5.91 Å². The Labute approximate surface area is 322 Å². The number of aryl methyl sites for hydroxylation is 1. The van der Waals surface area contributed by atoms with Crippen LogP contribution in [0.3, 0.4) is 0 Å². The molecule has 7 unspecified atom stereocenters. The van der Waals surface area contributed by atoms with E-state index in [-0.39, 0.29) is 25.4 Å². The summed E-state index contributed by atoms with van der Waals surface area (Å²) < 4.78 is 44.6. The number of carbonyl (C=O) groups excluding carboxylic acids is 6. The lowest BCUT2D eigenvalue weighted by molar-refractivity contribution is -0.157. The molecule has 2 bridgehead atoms.